The predicted molar refractivity (Wildman–Crippen MR) is 159 cm³/mol. The average molecular weight is 523 g/mol. The number of methoxy groups -OCH3 is 1. The van der Waals surface area contributed by atoms with E-state index in [2.05, 4.69) is 95.8 Å². The first kappa shape index (κ1) is 27.9. The number of amides is 1. The summed E-state index contributed by atoms with van der Waals surface area (Å²) in [4.78, 5) is 27.4. The van der Waals surface area contributed by atoms with E-state index in [1.165, 1.54) is 42.0 Å². The molecule has 0 saturated carbocycles. The number of H-pyrrole nitrogens is 1. The fourth-order valence-electron chi connectivity index (χ4n) is 5.10. The largest absolute Gasteiger partial charge is 0.469 e. The first-order valence-corrected chi connectivity index (χ1v) is 13.8. The van der Waals surface area contributed by atoms with E-state index in [9.17, 15) is 9.59 Å². The summed E-state index contributed by atoms with van der Waals surface area (Å²) in [6, 6.07) is 25.0. The summed E-state index contributed by atoms with van der Waals surface area (Å²) in [5, 5.41) is 4.01. The zero-order valence-corrected chi connectivity index (χ0v) is 23.1. The van der Waals surface area contributed by atoms with Gasteiger partial charge < -0.3 is 15.0 Å². The van der Waals surface area contributed by atoms with Gasteiger partial charge in [-0.05, 0) is 52.8 Å². The van der Waals surface area contributed by atoms with Gasteiger partial charge in [-0.25, -0.2) is 0 Å². The quantitative estimate of drug-likeness (QED) is 0.149. The smallest absolute Gasteiger partial charge is 0.307 e. The Morgan fingerprint density at radius 2 is 1.79 bits per heavy atom. The highest BCUT2D eigenvalue weighted by atomic mass is 16.5. The number of fused-ring (bicyclic) bond motifs is 1. The van der Waals surface area contributed by atoms with Gasteiger partial charge >= 0.3 is 5.97 Å². The number of carbonyl (C=O) groups excluding carboxylic acids is 2. The molecule has 0 aliphatic heterocycles. The number of para-hydroxylation sites is 1. The molecule has 39 heavy (non-hydrogen) atoms. The van der Waals surface area contributed by atoms with Crippen LogP contribution in [0.5, 0.6) is 0 Å². The molecular formula is C34H38N2O3. The average Bonchev–Trinajstić information content (AvgIpc) is 3.39. The number of allylic oxidation sites excluding steroid dienone is 1. The van der Waals surface area contributed by atoms with E-state index < -0.39 is 0 Å². The van der Waals surface area contributed by atoms with Crippen molar-refractivity contribution in [1.82, 2.24) is 10.3 Å². The van der Waals surface area contributed by atoms with E-state index in [0.717, 1.165) is 17.5 Å². The molecule has 1 heterocycles. The van der Waals surface area contributed by atoms with Crippen LogP contribution < -0.4 is 5.32 Å². The second kappa shape index (κ2) is 13.6. The molecule has 5 heteroatoms. The first-order chi connectivity index (χ1) is 19.0. The molecule has 0 aliphatic carbocycles. The van der Waals surface area contributed by atoms with Crippen molar-refractivity contribution in [2.24, 2.45) is 0 Å². The summed E-state index contributed by atoms with van der Waals surface area (Å²) >= 11 is 0. The number of unbranched alkanes of at least 4 members (excludes halogenated alkanes) is 2. The van der Waals surface area contributed by atoms with E-state index in [0.29, 0.717) is 5.56 Å². The van der Waals surface area contributed by atoms with Crippen LogP contribution in [-0.2, 0) is 9.53 Å². The second-order valence-electron chi connectivity index (χ2n) is 9.97. The summed E-state index contributed by atoms with van der Waals surface area (Å²) in [6.07, 6.45) is 10.3. The Kier molecular flexibility index (Phi) is 9.74. The molecule has 0 bridgehead atoms. The summed E-state index contributed by atoms with van der Waals surface area (Å²) < 4.78 is 4.64. The van der Waals surface area contributed by atoms with E-state index in [4.69, 9.17) is 0 Å². The Labute approximate surface area is 231 Å². The van der Waals surface area contributed by atoms with Crippen molar-refractivity contribution in [3.63, 3.8) is 0 Å². The Hall–Kier alpha value is -4.12. The number of benzene rings is 3. The van der Waals surface area contributed by atoms with Crippen LogP contribution in [0, 0.1) is 0 Å². The van der Waals surface area contributed by atoms with E-state index in [-0.39, 0.29) is 36.7 Å². The minimum Gasteiger partial charge on any atom is -0.469 e. The maximum Gasteiger partial charge on any atom is 0.307 e. The third-order valence-corrected chi connectivity index (χ3v) is 7.30. The lowest BCUT2D eigenvalue weighted by Gasteiger charge is -2.26. The zero-order valence-electron chi connectivity index (χ0n) is 23.1. The number of ether oxygens (including phenoxy) is 1. The van der Waals surface area contributed by atoms with E-state index in [1.807, 2.05) is 24.3 Å². The molecule has 2 unspecified atom stereocenters. The Balaban J connectivity index is 1.62. The number of aromatic amines is 1. The highest BCUT2D eigenvalue weighted by Gasteiger charge is 2.26. The van der Waals surface area contributed by atoms with Crippen LogP contribution in [0.1, 0.15) is 84.0 Å². The van der Waals surface area contributed by atoms with Crippen LogP contribution in [-0.4, -0.2) is 30.5 Å². The van der Waals surface area contributed by atoms with Crippen LogP contribution in [0.4, 0.5) is 0 Å². The van der Waals surface area contributed by atoms with Gasteiger partial charge in [-0.15, -0.1) is 0 Å². The topological polar surface area (TPSA) is 71.2 Å². The number of nitrogens with one attached hydrogen (secondary N) is 2. The predicted octanol–water partition coefficient (Wildman–Crippen LogP) is 7.60. The van der Waals surface area contributed by atoms with Gasteiger partial charge in [0.2, 0.25) is 0 Å². The highest BCUT2D eigenvalue weighted by molar-refractivity contribution is 5.94. The number of carbonyl (C=O) groups is 2. The molecule has 2 N–H and O–H groups in total. The van der Waals surface area contributed by atoms with Gasteiger partial charge in [0.1, 0.15) is 0 Å². The van der Waals surface area contributed by atoms with Crippen LogP contribution >= 0.6 is 0 Å². The SMILES string of the molecule is CCCC/C=C/c1cccc(C(c2c[nH]c3ccccc23)C(C)c2ccc(C(=O)NCCC(=O)OC)cc2)c1. The van der Waals surface area contributed by atoms with E-state index >= 15 is 0 Å². The summed E-state index contributed by atoms with van der Waals surface area (Å²) in [6.45, 7) is 4.71. The standard InChI is InChI=1S/C34H38N2O3/c1-4-5-6-7-11-25-12-10-13-28(22-25)33(30-23-36-31-15-9-8-14-29(30)31)24(2)26-16-18-27(19-17-26)34(38)35-21-20-32(37)39-3/h7-19,22-24,33,36H,4-6,20-21H2,1-3H3,(H,35,38)/b11-7+. The monoisotopic (exact) mass is 522 g/mol. The molecule has 0 spiro atoms. The van der Waals surface area contributed by atoms with Crippen molar-refractivity contribution in [3.8, 4) is 0 Å². The third-order valence-electron chi connectivity index (χ3n) is 7.30. The minimum atomic E-state index is -0.344. The maximum atomic E-state index is 12.6. The van der Waals surface area contributed by atoms with Gasteiger partial charge in [-0.3, -0.25) is 9.59 Å². The molecule has 0 aliphatic rings. The highest BCUT2D eigenvalue weighted by Crippen LogP contribution is 2.41. The molecule has 2 atom stereocenters. The Bertz CT molecular complexity index is 1420. The molecule has 4 aromatic rings. The number of hydrogen-bond donors (Lipinski definition) is 2. The summed E-state index contributed by atoms with van der Waals surface area (Å²) in [5.74, 6) is -0.276. The van der Waals surface area contributed by atoms with E-state index in [1.54, 1.807) is 0 Å². The molecule has 5 nitrogen and oxygen atoms in total. The third kappa shape index (κ3) is 7.05. The molecule has 1 aromatic heterocycles. The molecule has 0 fully saturated rings. The van der Waals surface area contributed by atoms with Gasteiger partial charge in [0.05, 0.1) is 13.5 Å². The summed E-state index contributed by atoms with van der Waals surface area (Å²) in [5.41, 5.74) is 6.57. The maximum absolute atomic E-state index is 12.6. The molecule has 3 aromatic carbocycles. The number of esters is 1. The fourth-order valence-corrected chi connectivity index (χ4v) is 5.10. The lowest BCUT2D eigenvalue weighted by molar-refractivity contribution is -0.140. The first-order valence-electron chi connectivity index (χ1n) is 13.8. The Morgan fingerprint density at radius 1 is 1.00 bits per heavy atom. The molecule has 4 rings (SSSR count). The Morgan fingerprint density at radius 3 is 2.56 bits per heavy atom. The molecular weight excluding hydrogens is 484 g/mol. The summed E-state index contributed by atoms with van der Waals surface area (Å²) in [7, 11) is 1.34. The molecule has 0 radical (unpaired) electrons. The molecule has 0 saturated heterocycles. The van der Waals surface area contributed by atoms with Crippen molar-refractivity contribution in [2.45, 2.75) is 51.4 Å². The lowest BCUT2D eigenvalue weighted by atomic mass is 9.77. The number of aromatic nitrogens is 1. The van der Waals surface area contributed by atoms with Crippen molar-refractivity contribution in [2.75, 3.05) is 13.7 Å². The van der Waals surface area contributed by atoms with Crippen LogP contribution in [0.2, 0.25) is 0 Å². The van der Waals surface area contributed by atoms with Crippen molar-refractivity contribution >= 4 is 28.9 Å². The second-order valence-corrected chi connectivity index (χ2v) is 9.97. The number of hydrogen-bond acceptors (Lipinski definition) is 3. The molecule has 1 amide bonds. The zero-order chi connectivity index (χ0) is 27.6. The number of rotatable bonds is 12. The van der Waals surface area contributed by atoms with Gasteiger partial charge in [0, 0.05) is 35.1 Å². The van der Waals surface area contributed by atoms with Gasteiger partial charge in [-0.1, -0.05) is 93.4 Å². The van der Waals surface area contributed by atoms with Crippen LogP contribution in [0.15, 0.2) is 85.1 Å². The van der Waals surface area contributed by atoms with Crippen molar-refractivity contribution < 1.29 is 14.3 Å². The van der Waals surface area contributed by atoms with Gasteiger partial charge in [-0.2, -0.15) is 0 Å². The van der Waals surface area contributed by atoms with Crippen LogP contribution in [0.25, 0.3) is 17.0 Å². The normalized spacial score (nSPS) is 12.9. The fraction of sp³-hybridized carbons (Fsp3) is 0.294. The van der Waals surface area contributed by atoms with Gasteiger partial charge in [0.15, 0.2) is 0 Å². The lowest BCUT2D eigenvalue weighted by Crippen LogP contribution is -2.26. The molecule has 202 valence electrons. The minimum absolute atomic E-state index is 0.116. The van der Waals surface area contributed by atoms with Crippen molar-refractivity contribution in [3.05, 3.63) is 113 Å². The van der Waals surface area contributed by atoms with Crippen LogP contribution in [0.3, 0.4) is 0 Å². The van der Waals surface area contributed by atoms with Gasteiger partial charge in [0.25, 0.3) is 5.91 Å². The van der Waals surface area contributed by atoms with Crippen molar-refractivity contribution in [1.29, 1.82) is 0 Å².